The molecule has 0 fully saturated rings. The monoisotopic (exact) mass is 436 g/mol. The summed E-state index contributed by atoms with van der Waals surface area (Å²) in [6.07, 6.45) is 1.21. The number of carbonyl (C=O) groups excluding carboxylic acids is 1. The van der Waals surface area contributed by atoms with E-state index in [0.717, 1.165) is 6.04 Å². The zero-order chi connectivity index (χ0) is 21.8. The van der Waals surface area contributed by atoms with Gasteiger partial charge in [0, 0.05) is 34.5 Å². The Hall–Kier alpha value is -0.256. The third-order valence-electron chi connectivity index (χ3n) is 4.99. The molecule has 168 valence electrons. The zero-order valence-corrected chi connectivity index (χ0v) is 21.4. The van der Waals surface area contributed by atoms with Gasteiger partial charge in [-0.25, -0.2) is 0 Å². The number of carbonyl (C=O) groups is 1. The summed E-state index contributed by atoms with van der Waals surface area (Å²) >= 11 is 0. The molecule has 6 nitrogen and oxygen atoms in total. The van der Waals surface area contributed by atoms with Crippen molar-refractivity contribution < 1.29 is 28.5 Å². The van der Waals surface area contributed by atoms with Crippen molar-refractivity contribution in [2.75, 3.05) is 33.2 Å². The minimum Gasteiger partial charge on any atom is -0.438 e. The Labute approximate surface area is 174 Å². The predicted octanol–water partition coefficient (Wildman–Crippen LogP) is 4.41. The molecule has 0 aromatic rings. The molecule has 0 aromatic carbocycles. The van der Waals surface area contributed by atoms with E-state index >= 15 is 0 Å². The van der Waals surface area contributed by atoms with Crippen molar-refractivity contribution in [3.8, 4) is 0 Å². The van der Waals surface area contributed by atoms with Crippen molar-refractivity contribution in [3.63, 3.8) is 0 Å². The molecule has 0 bridgehead atoms. The number of aliphatic hydroxyl groups excluding tert-OH is 1. The highest BCUT2D eigenvalue weighted by Crippen LogP contribution is 2.38. The fourth-order valence-electron chi connectivity index (χ4n) is 2.07. The fourth-order valence-corrected chi connectivity index (χ4v) is 4.21. The van der Waals surface area contributed by atoms with Gasteiger partial charge in [-0.1, -0.05) is 40.4 Å². The Balaban J connectivity index is 4.50. The van der Waals surface area contributed by atoms with Crippen molar-refractivity contribution in [3.05, 3.63) is 0 Å². The van der Waals surface area contributed by atoms with Crippen molar-refractivity contribution in [1.82, 2.24) is 0 Å². The largest absolute Gasteiger partial charge is 0.438 e. The molecular formula is C20H44O6Si2. The number of hydrogen-bond acceptors (Lipinski definition) is 6. The molecule has 0 spiro atoms. The maximum Gasteiger partial charge on any atom is 0.310 e. The molecule has 0 aliphatic heterocycles. The van der Waals surface area contributed by atoms with Gasteiger partial charge in [0.1, 0.15) is 0 Å². The first-order chi connectivity index (χ1) is 12.8. The van der Waals surface area contributed by atoms with E-state index in [4.69, 9.17) is 23.7 Å². The van der Waals surface area contributed by atoms with Crippen LogP contribution in [0.2, 0.25) is 43.8 Å². The quantitative estimate of drug-likeness (QED) is 0.177. The lowest BCUT2D eigenvalue weighted by molar-refractivity contribution is -0.158. The summed E-state index contributed by atoms with van der Waals surface area (Å²) in [4.78, 5) is 12.3. The summed E-state index contributed by atoms with van der Waals surface area (Å²) < 4.78 is 22.7. The molecule has 0 saturated heterocycles. The highest BCUT2D eigenvalue weighted by Gasteiger charge is 2.39. The summed E-state index contributed by atoms with van der Waals surface area (Å²) in [5, 5.41) is 8.89. The SMILES string of the molecule is CC(C)(C)[Si](C)(C)O[C@H](CCOCCCO)CC(=O)OCOCC[Si](C)(C)C. The van der Waals surface area contributed by atoms with Crippen LogP contribution >= 0.6 is 0 Å². The standard InChI is InChI=1S/C20H44O6Si2/c1-20(2,3)28(7,8)26-18(10-13-23-12-9-11-21)16-19(22)25-17-24-14-15-27(4,5)6/h18,21H,9-17H2,1-8H3/t18-/m1/s1. The van der Waals surface area contributed by atoms with Gasteiger partial charge in [-0.15, -0.1) is 0 Å². The van der Waals surface area contributed by atoms with E-state index in [1.165, 1.54) is 0 Å². The summed E-state index contributed by atoms with van der Waals surface area (Å²) in [7, 11) is -3.15. The molecule has 0 unspecified atom stereocenters. The molecule has 28 heavy (non-hydrogen) atoms. The number of esters is 1. The van der Waals surface area contributed by atoms with Crippen LogP contribution < -0.4 is 0 Å². The maximum absolute atomic E-state index is 12.3. The first-order valence-corrected chi connectivity index (χ1v) is 17.0. The van der Waals surface area contributed by atoms with Crippen LogP contribution in [0.25, 0.3) is 0 Å². The van der Waals surface area contributed by atoms with Crippen LogP contribution in [0.4, 0.5) is 0 Å². The molecule has 8 heteroatoms. The first kappa shape index (κ1) is 27.7. The predicted molar refractivity (Wildman–Crippen MR) is 119 cm³/mol. The van der Waals surface area contributed by atoms with Gasteiger partial charge < -0.3 is 23.7 Å². The van der Waals surface area contributed by atoms with Gasteiger partial charge in [0.25, 0.3) is 0 Å². The fraction of sp³-hybridized carbons (Fsp3) is 0.950. The maximum atomic E-state index is 12.3. The Morgan fingerprint density at radius 1 is 1.00 bits per heavy atom. The Bertz CT molecular complexity index is 429. The van der Waals surface area contributed by atoms with Crippen LogP contribution in [0.3, 0.4) is 0 Å². The van der Waals surface area contributed by atoms with Crippen LogP contribution in [0.15, 0.2) is 0 Å². The number of ether oxygens (including phenoxy) is 3. The second-order valence-corrected chi connectivity index (χ2v) is 20.4. The third kappa shape index (κ3) is 13.8. The lowest BCUT2D eigenvalue weighted by Crippen LogP contribution is -2.44. The van der Waals surface area contributed by atoms with E-state index in [9.17, 15) is 4.79 Å². The molecule has 0 rings (SSSR count). The Kier molecular flexibility index (Phi) is 13.0. The highest BCUT2D eigenvalue weighted by atomic mass is 28.4. The van der Waals surface area contributed by atoms with Crippen LogP contribution in [-0.4, -0.2) is 66.8 Å². The van der Waals surface area contributed by atoms with Crippen molar-refractivity contribution in [1.29, 1.82) is 0 Å². The summed E-state index contributed by atoms with van der Waals surface area (Å²) in [6.45, 7) is 19.5. The van der Waals surface area contributed by atoms with E-state index in [1.54, 1.807) is 0 Å². The third-order valence-corrected chi connectivity index (χ3v) is 11.2. The molecule has 0 aromatic heterocycles. The average molecular weight is 437 g/mol. The number of aliphatic hydroxyl groups is 1. The molecule has 0 saturated carbocycles. The molecule has 0 aliphatic carbocycles. The van der Waals surface area contributed by atoms with Crippen molar-refractivity contribution in [2.24, 2.45) is 0 Å². The average Bonchev–Trinajstić information content (AvgIpc) is 2.51. The van der Waals surface area contributed by atoms with Gasteiger partial charge in [-0.3, -0.25) is 4.79 Å². The smallest absolute Gasteiger partial charge is 0.310 e. The minimum absolute atomic E-state index is 0.00310. The van der Waals surface area contributed by atoms with E-state index in [-0.39, 0.29) is 36.9 Å². The Morgan fingerprint density at radius 3 is 2.18 bits per heavy atom. The zero-order valence-electron chi connectivity index (χ0n) is 19.4. The van der Waals surface area contributed by atoms with Crippen LogP contribution in [0.1, 0.15) is 40.0 Å². The minimum atomic E-state index is -2.01. The molecule has 0 heterocycles. The summed E-state index contributed by atoms with van der Waals surface area (Å²) in [5.74, 6) is -0.299. The molecule has 1 N–H and O–H groups in total. The van der Waals surface area contributed by atoms with Gasteiger partial charge in [-0.2, -0.15) is 0 Å². The normalized spacial score (nSPS) is 14.2. The lowest BCUT2D eigenvalue weighted by atomic mass is 10.2. The lowest BCUT2D eigenvalue weighted by Gasteiger charge is -2.39. The number of rotatable bonds is 15. The topological polar surface area (TPSA) is 74.2 Å². The van der Waals surface area contributed by atoms with Crippen molar-refractivity contribution in [2.45, 2.75) is 90.0 Å². The molecule has 0 aliphatic rings. The van der Waals surface area contributed by atoms with E-state index in [2.05, 4.69) is 53.5 Å². The number of hydrogen-bond donors (Lipinski definition) is 1. The van der Waals surface area contributed by atoms with Crippen LogP contribution in [0.5, 0.6) is 0 Å². The highest BCUT2D eigenvalue weighted by molar-refractivity contribution is 6.76. The van der Waals surface area contributed by atoms with Gasteiger partial charge >= 0.3 is 5.97 Å². The van der Waals surface area contributed by atoms with Gasteiger partial charge in [0.05, 0.1) is 12.5 Å². The van der Waals surface area contributed by atoms with Crippen LogP contribution in [0, 0.1) is 0 Å². The van der Waals surface area contributed by atoms with Crippen molar-refractivity contribution >= 4 is 22.4 Å². The van der Waals surface area contributed by atoms with Crippen LogP contribution in [-0.2, 0) is 23.4 Å². The van der Waals surface area contributed by atoms with E-state index in [0.29, 0.717) is 32.7 Å². The van der Waals surface area contributed by atoms with Gasteiger partial charge in [0.2, 0.25) is 0 Å². The van der Waals surface area contributed by atoms with E-state index < -0.39 is 16.4 Å². The molecule has 0 radical (unpaired) electrons. The van der Waals surface area contributed by atoms with E-state index in [1.807, 2.05) is 0 Å². The second-order valence-electron chi connectivity index (χ2n) is 10.0. The second kappa shape index (κ2) is 13.1. The van der Waals surface area contributed by atoms with Gasteiger partial charge in [0.15, 0.2) is 15.1 Å². The first-order valence-electron chi connectivity index (χ1n) is 10.4. The molecular weight excluding hydrogens is 392 g/mol. The Morgan fingerprint density at radius 2 is 1.64 bits per heavy atom. The summed E-state index contributed by atoms with van der Waals surface area (Å²) in [5.41, 5.74) is 0. The summed E-state index contributed by atoms with van der Waals surface area (Å²) in [6, 6.07) is 1.05. The molecule has 1 atom stereocenters. The molecule has 0 amide bonds. The van der Waals surface area contributed by atoms with Gasteiger partial charge in [-0.05, 0) is 37.0 Å².